The molecule has 1 saturated heterocycles. The highest BCUT2D eigenvalue weighted by atomic mass is 35.5. The van der Waals surface area contributed by atoms with E-state index in [0.717, 1.165) is 29.5 Å². The maximum Gasteiger partial charge on any atom is 0.349 e. The van der Waals surface area contributed by atoms with Gasteiger partial charge in [-0.1, -0.05) is 23.7 Å². The first-order chi connectivity index (χ1) is 21.2. The number of thiophene rings is 1. The molecule has 1 fully saturated rings. The van der Waals surface area contributed by atoms with Crippen LogP contribution in [-0.2, 0) is 24.4 Å². The van der Waals surface area contributed by atoms with Gasteiger partial charge in [-0.05, 0) is 24.5 Å². The monoisotopic (exact) mass is 645 g/mol. The van der Waals surface area contributed by atoms with Crippen LogP contribution in [0.3, 0.4) is 0 Å². The molecule has 10 nitrogen and oxygen atoms in total. The van der Waals surface area contributed by atoms with Crippen LogP contribution >= 0.6 is 22.9 Å². The van der Waals surface area contributed by atoms with Gasteiger partial charge in [-0.3, -0.25) is 4.90 Å². The lowest BCUT2D eigenvalue weighted by atomic mass is 10.1. The van der Waals surface area contributed by atoms with Gasteiger partial charge in [0.15, 0.2) is 16.5 Å². The van der Waals surface area contributed by atoms with Crippen LogP contribution in [0.15, 0.2) is 34.9 Å². The van der Waals surface area contributed by atoms with Gasteiger partial charge in [0.2, 0.25) is 5.82 Å². The van der Waals surface area contributed by atoms with E-state index in [9.17, 15) is 18.7 Å². The zero-order valence-corrected chi connectivity index (χ0v) is 24.4. The summed E-state index contributed by atoms with van der Waals surface area (Å²) in [5.41, 5.74) is 1.68. The maximum absolute atomic E-state index is 15.1. The lowest BCUT2D eigenvalue weighted by molar-refractivity contribution is -0.0592. The number of rotatable bonds is 9. The van der Waals surface area contributed by atoms with Gasteiger partial charge in [0.05, 0.1) is 30.4 Å². The molecule has 0 saturated carbocycles. The minimum Gasteiger partial charge on any atom is -0.477 e. The molecule has 6 heterocycles. The SMILES string of the molecule is O=C(O)c1sc2nc(CN3CC=C(c4ncc(F)c(OCc5ccc(Cl)c6cc(F)oc56)n4)CC3)n(C[C@@H]3CCO3)c2c1F. The fraction of sp³-hybridized carbons (Fsp3) is 0.310. The van der Waals surface area contributed by atoms with Gasteiger partial charge in [0, 0.05) is 36.7 Å². The number of hydrogen-bond donors (Lipinski definition) is 1. The summed E-state index contributed by atoms with van der Waals surface area (Å²) >= 11 is 6.94. The summed E-state index contributed by atoms with van der Waals surface area (Å²) in [6.07, 6.45) is 4.28. The summed E-state index contributed by atoms with van der Waals surface area (Å²) in [5, 5.41) is 10.1. The van der Waals surface area contributed by atoms with Crippen LogP contribution in [0.1, 0.15) is 39.7 Å². The van der Waals surface area contributed by atoms with E-state index in [0.29, 0.717) is 71.7 Å². The zero-order valence-electron chi connectivity index (χ0n) is 22.9. The summed E-state index contributed by atoms with van der Waals surface area (Å²) in [4.78, 5) is 26.6. The quantitative estimate of drug-likeness (QED) is 0.204. The lowest BCUT2D eigenvalue weighted by Gasteiger charge is -2.29. The molecule has 7 rings (SSSR count). The predicted octanol–water partition coefficient (Wildman–Crippen LogP) is 6.06. The van der Waals surface area contributed by atoms with Gasteiger partial charge < -0.3 is 23.6 Å². The largest absolute Gasteiger partial charge is 0.477 e. The number of carbonyl (C=O) groups is 1. The first-order valence-electron chi connectivity index (χ1n) is 13.7. The maximum atomic E-state index is 15.1. The Kier molecular flexibility index (Phi) is 7.52. The van der Waals surface area contributed by atoms with Gasteiger partial charge in [-0.15, -0.1) is 11.3 Å². The van der Waals surface area contributed by atoms with Crippen LogP contribution in [-0.4, -0.2) is 61.3 Å². The molecule has 0 unspecified atom stereocenters. The van der Waals surface area contributed by atoms with Crippen LogP contribution in [0.5, 0.6) is 5.88 Å². The van der Waals surface area contributed by atoms with Crippen LogP contribution in [0, 0.1) is 17.6 Å². The Morgan fingerprint density at radius 1 is 1.25 bits per heavy atom. The number of nitrogens with zero attached hydrogens (tertiary/aromatic N) is 5. The number of hydrogen-bond acceptors (Lipinski definition) is 9. The number of aromatic nitrogens is 4. The number of halogens is 4. The Labute approximate surface area is 256 Å². The molecule has 1 aromatic carbocycles. The van der Waals surface area contributed by atoms with Crippen LogP contribution in [0.4, 0.5) is 13.2 Å². The third-order valence-electron chi connectivity index (χ3n) is 7.70. The average molecular weight is 646 g/mol. The summed E-state index contributed by atoms with van der Waals surface area (Å²) in [5.74, 6) is -2.16. The van der Waals surface area contributed by atoms with E-state index in [4.69, 9.17) is 25.5 Å². The number of ether oxygens (including phenoxy) is 2. The molecule has 2 aliphatic rings. The Balaban J connectivity index is 1.07. The zero-order chi connectivity index (χ0) is 30.5. The van der Waals surface area contributed by atoms with E-state index in [1.54, 1.807) is 16.7 Å². The summed E-state index contributed by atoms with van der Waals surface area (Å²) in [6, 6.07) is 3.58. The highest BCUT2D eigenvalue weighted by molar-refractivity contribution is 7.20. The molecule has 44 heavy (non-hydrogen) atoms. The standard InChI is InChI=1S/C29H23ClF3N5O5S/c30-18-2-1-15(24-17(18)9-20(32)43-24)13-42-27-19(31)10-34-26(36-27)14-3-6-37(7-4-14)12-21-35-28-23(22(33)25(44-28)29(39)40)38(21)11-16-5-8-41-16/h1-3,9-10,16H,4-8,11-13H2,(H,39,40)/t16-/m0/s1. The fourth-order valence-electron chi connectivity index (χ4n) is 5.34. The van der Waals surface area contributed by atoms with Gasteiger partial charge in [-0.2, -0.15) is 13.8 Å². The minimum absolute atomic E-state index is 0.0791. The Morgan fingerprint density at radius 2 is 2.09 bits per heavy atom. The highest BCUT2D eigenvalue weighted by Gasteiger charge is 2.29. The van der Waals surface area contributed by atoms with Gasteiger partial charge in [-0.25, -0.2) is 19.2 Å². The molecule has 0 radical (unpaired) electrons. The molecule has 0 spiro atoms. The minimum atomic E-state index is -1.32. The Morgan fingerprint density at radius 3 is 2.82 bits per heavy atom. The van der Waals surface area contributed by atoms with Crippen molar-refractivity contribution in [3.63, 3.8) is 0 Å². The molecule has 2 aliphatic heterocycles. The average Bonchev–Trinajstić information content (AvgIpc) is 3.64. The van der Waals surface area contributed by atoms with Gasteiger partial charge in [0.1, 0.15) is 28.4 Å². The molecular formula is C29H23ClF3N5O5S. The summed E-state index contributed by atoms with van der Waals surface area (Å²) in [7, 11) is 0. The molecule has 15 heteroatoms. The van der Waals surface area contributed by atoms with Crippen molar-refractivity contribution in [1.82, 2.24) is 24.4 Å². The molecule has 5 aromatic rings. The molecule has 1 N–H and O–H groups in total. The number of fused-ring (bicyclic) bond motifs is 2. The third-order valence-corrected chi connectivity index (χ3v) is 9.06. The van der Waals surface area contributed by atoms with E-state index in [-0.39, 0.29) is 34.6 Å². The summed E-state index contributed by atoms with van der Waals surface area (Å²) in [6.45, 7) is 2.39. The lowest BCUT2D eigenvalue weighted by Crippen LogP contribution is -2.34. The van der Waals surface area contributed by atoms with E-state index < -0.39 is 23.6 Å². The topological polar surface area (TPSA) is 116 Å². The number of benzene rings is 1. The Hall–Kier alpha value is -3.98. The van der Waals surface area contributed by atoms with Crippen LogP contribution < -0.4 is 4.74 Å². The van der Waals surface area contributed by atoms with Crippen LogP contribution in [0.25, 0.3) is 26.9 Å². The normalized spacial score (nSPS) is 17.3. The smallest absolute Gasteiger partial charge is 0.349 e. The molecule has 0 amide bonds. The van der Waals surface area contributed by atoms with E-state index >= 15 is 4.39 Å². The molecule has 228 valence electrons. The number of aromatic carboxylic acids is 1. The first kappa shape index (κ1) is 28.8. The van der Waals surface area contributed by atoms with Crippen molar-refractivity contribution in [1.29, 1.82) is 0 Å². The molecule has 1 atom stereocenters. The number of carboxylic acid groups (broad SMARTS) is 1. The molecule has 0 aliphatic carbocycles. The van der Waals surface area contributed by atoms with Crippen molar-refractivity contribution in [2.24, 2.45) is 0 Å². The van der Waals surface area contributed by atoms with Crippen molar-refractivity contribution in [3.05, 3.63) is 75.2 Å². The van der Waals surface area contributed by atoms with Crippen molar-refractivity contribution < 1.29 is 37.0 Å². The Bertz CT molecular complexity index is 1950. The summed E-state index contributed by atoms with van der Waals surface area (Å²) < 4.78 is 61.4. The van der Waals surface area contributed by atoms with Gasteiger partial charge >= 0.3 is 5.97 Å². The number of furan rings is 1. The number of carboxylic acids is 1. The van der Waals surface area contributed by atoms with Gasteiger partial charge in [0.25, 0.3) is 11.9 Å². The predicted molar refractivity (Wildman–Crippen MR) is 154 cm³/mol. The second-order valence-corrected chi connectivity index (χ2v) is 11.9. The van der Waals surface area contributed by atoms with Crippen LogP contribution in [0.2, 0.25) is 5.02 Å². The second-order valence-electron chi connectivity index (χ2n) is 10.5. The van der Waals surface area contributed by atoms with Crippen molar-refractivity contribution in [2.75, 3.05) is 19.7 Å². The van der Waals surface area contributed by atoms with E-state index in [2.05, 4.69) is 19.9 Å². The van der Waals surface area contributed by atoms with Crippen molar-refractivity contribution in [2.45, 2.75) is 38.6 Å². The fourth-order valence-corrected chi connectivity index (χ4v) is 6.45. The second kappa shape index (κ2) is 11.5. The first-order valence-corrected chi connectivity index (χ1v) is 14.9. The third kappa shape index (κ3) is 5.31. The molecule has 0 bridgehead atoms. The van der Waals surface area contributed by atoms with E-state index in [1.165, 1.54) is 6.07 Å². The van der Waals surface area contributed by atoms with E-state index in [1.807, 2.05) is 6.08 Å². The highest BCUT2D eigenvalue weighted by Crippen LogP contribution is 2.33. The number of imidazole rings is 1. The molecular weight excluding hydrogens is 623 g/mol. The molecule has 4 aromatic heterocycles. The van der Waals surface area contributed by atoms with Crippen molar-refractivity contribution >= 4 is 55.8 Å². The van der Waals surface area contributed by atoms with Crippen molar-refractivity contribution in [3.8, 4) is 5.88 Å².